The van der Waals surface area contributed by atoms with Gasteiger partial charge in [-0.2, -0.15) is 0 Å². The minimum atomic E-state index is -1.69. The number of aliphatic hydroxyl groups excluding tert-OH is 2. The highest BCUT2D eigenvalue weighted by molar-refractivity contribution is 6.32. The maximum absolute atomic E-state index is 14.1. The van der Waals surface area contributed by atoms with E-state index in [4.69, 9.17) is 50.5 Å². The van der Waals surface area contributed by atoms with Crippen molar-refractivity contribution in [1.29, 1.82) is 0 Å². The quantitative estimate of drug-likeness (QED) is 0.173. The zero-order chi connectivity index (χ0) is 42.3. The van der Waals surface area contributed by atoms with E-state index < -0.39 is 78.4 Å². The van der Waals surface area contributed by atoms with E-state index in [0.717, 1.165) is 0 Å². The number of nitrogens with two attached hydrogens (primary N) is 1. The lowest BCUT2D eigenvalue weighted by atomic mass is 9.86. The molecule has 16 nitrogen and oxygen atoms in total. The van der Waals surface area contributed by atoms with Gasteiger partial charge in [0.2, 0.25) is 0 Å². The number of esters is 2. The lowest BCUT2D eigenvalue weighted by Crippen LogP contribution is -2.67. The number of aromatic hydroxyl groups is 1. The number of fused-ring (bicyclic) bond motifs is 2. The van der Waals surface area contributed by atoms with Crippen molar-refractivity contribution in [2.24, 2.45) is 5.73 Å². The highest BCUT2D eigenvalue weighted by atomic mass is 35.5. The summed E-state index contributed by atoms with van der Waals surface area (Å²) in [4.78, 5) is 42.0. The third kappa shape index (κ3) is 6.79. The number of phenolic OH excluding ortho intramolecular Hbond substituents is 1. The lowest BCUT2D eigenvalue weighted by molar-refractivity contribution is -0.329. The second-order valence-electron chi connectivity index (χ2n) is 15.6. The number of halogens is 1. The average molecular weight is 832 g/mol. The molecule has 1 fully saturated rings. The number of rotatable bonds is 6. The van der Waals surface area contributed by atoms with Crippen molar-refractivity contribution >= 4 is 40.7 Å². The molecule has 8 unspecified atom stereocenters. The number of phenols is 1. The van der Waals surface area contributed by atoms with Gasteiger partial charge in [-0.25, -0.2) is 4.79 Å². The van der Waals surface area contributed by atoms with Gasteiger partial charge in [-0.15, -0.1) is 0 Å². The fourth-order valence-corrected chi connectivity index (χ4v) is 8.72. The Hall–Kier alpha value is -5.46. The number of aliphatic hydroxyl groups is 2. The molecule has 0 spiro atoms. The molecule has 1 amide bonds. The minimum Gasteiger partial charge on any atom is -0.504 e. The van der Waals surface area contributed by atoms with E-state index in [1.54, 1.807) is 69.3 Å². The van der Waals surface area contributed by atoms with Crippen LogP contribution in [0.15, 0.2) is 73.0 Å². The van der Waals surface area contributed by atoms with Crippen LogP contribution >= 0.6 is 11.6 Å². The maximum atomic E-state index is 14.1. The largest absolute Gasteiger partial charge is 0.504 e. The number of carbonyl (C=O) groups excluding carboxylic acids is 3. The van der Waals surface area contributed by atoms with E-state index in [2.05, 4.69) is 11.9 Å². The molecule has 8 aliphatic rings. The van der Waals surface area contributed by atoms with Gasteiger partial charge in [-0.05, 0) is 75.0 Å². The van der Waals surface area contributed by atoms with E-state index in [0.29, 0.717) is 16.7 Å². The molecule has 310 valence electrons. The Morgan fingerprint density at radius 2 is 1.83 bits per heavy atom. The molecule has 0 aromatic heterocycles. The van der Waals surface area contributed by atoms with E-state index >= 15 is 0 Å². The van der Waals surface area contributed by atoms with Crippen molar-refractivity contribution in [2.45, 2.75) is 74.4 Å². The minimum absolute atomic E-state index is 0.0194. The van der Waals surface area contributed by atoms with Crippen LogP contribution in [0.4, 0.5) is 5.69 Å². The first-order chi connectivity index (χ1) is 27.9. The smallest absolute Gasteiger partial charge is 0.343 e. The standard InChI is InChI=1S/C42H42ClN3O13/c1-18-37(51)45-31-24(15-21(53-6)16-29(31)54-18)38(52)57-39-19-9-10-22-23(12-19)25-8-7-11-42(25,59-40-33(50)32(49)35(46(4)5)41(2,3)58-40)36(22)56-34-26(43)13-20(14-28(34)47)27(44)17-30(48)55-39/h7-16,27,32-33,35-36,39-40,47,49-50H,1,17,44H2,2-6H3,(H,45,51). The summed E-state index contributed by atoms with van der Waals surface area (Å²) >= 11 is 6.76. The van der Waals surface area contributed by atoms with Crippen molar-refractivity contribution < 1.29 is 62.9 Å². The molecule has 3 aromatic carbocycles. The molecule has 6 heterocycles. The number of benzene rings is 3. The van der Waals surface area contributed by atoms with Crippen LogP contribution in [0.2, 0.25) is 5.02 Å². The molecule has 3 aromatic rings. The number of likely N-dealkylation sites (N-methyl/N-ethyl adjacent to an activating group) is 1. The number of ether oxygens (including phenoxy) is 7. The van der Waals surface area contributed by atoms with Gasteiger partial charge < -0.3 is 64.4 Å². The van der Waals surface area contributed by atoms with Gasteiger partial charge in [0.15, 0.2) is 41.0 Å². The number of carbonyl (C=O) groups is 3. The summed E-state index contributed by atoms with van der Waals surface area (Å²) in [7, 11) is 4.91. The molecule has 0 radical (unpaired) electrons. The van der Waals surface area contributed by atoms with Gasteiger partial charge in [0.05, 0.1) is 41.4 Å². The van der Waals surface area contributed by atoms with Gasteiger partial charge in [0.25, 0.3) is 12.2 Å². The average Bonchev–Trinajstić information content (AvgIpc) is 3.68. The fraction of sp³-hybridized carbons (Fsp3) is 0.357. The monoisotopic (exact) mass is 831 g/mol. The van der Waals surface area contributed by atoms with Crippen LogP contribution < -0.4 is 25.3 Å². The van der Waals surface area contributed by atoms with Crippen molar-refractivity contribution in [3.05, 3.63) is 106 Å². The van der Waals surface area contributed by atoms with Crippen molar-refractivity contribution in [3.8, 4) is 23.0 Å². The highest BCUT2D eigenvalue weighted by Crippen LogP contribution is 2.58. The van der Waals surface area contributed by atoms with Crippen LogP contribution in [0, 0.1) is 0 Å². The number of allylic oxidation sites excluding steroid dienone is 2. The first-order valence-electron chi connectivity index (χ1n) is 18.6. The van der Waals surface area contributed by atoms with Gasteiger partial charge in [-0.1, -0.05) is 42.5 Å². The SMILES string of the molecule is C=C1Oc2cc(OC)cc(C(=O)OC3OC(=O)CC(N)c4cc(O)c(c(Cl)c4)OC4c5ccc3cc5C3=CC=CC34OC3OC(C)(C)C(N(C)C)C(O)C3O)c2NC1=O. The summed E-state index contributed by atoms with van der Waals surface area (Å²) in [5.74, 6) is -3.03. The number of hydrogen-bond donors (Lipinski definition) is 5. The van der Waals surface area contributed by atoms with Crippen LogP contribution in [0.25, 0.3) is 5.57 Å². The first-order valence-corrected chi connectivity index (χ1v) is 19.0. The molecule has 17 heteroatoms. The molecule has 59 heavy (non-hydrogen) atoms. The topological polar surface area (TPSA) is 218 Å². The summed E-state index contributed by atoms with van der Waals surface area (Å²) in [6, 6.07) is 8.73. The maximum Gasteiger partial charge on any atom is 0.343 e. The molecular formula is C42H42ClN3O13. The summed E-state index contributed by atoms with van der Waals surface area (Å²) in [6.45, 7) is 7.14. The van der Waals surface area contributed by atoms with Crippen LogP contribution in [-0.2, 0) is 28.5 Å². The van der Waals surface area contributed by atoms with E-state index in [9.17, 15) is 29.7 Å². The second kappa shape index (κ2) is 14.7. The van der Waals surface area contributed by atoms with E-state index in [1.807, 2.05) is 0 Å². The number of hydrogen-bond acceptors (Lipinski definition) is 15. The molecule has 6 bridgehead atoms. The van der Waals surface area contributed by atoms with Crippen LogP contribution in [-0.4, -0.2) is 95.0 Å². The van der Waals surface area contributed by atoms with Gasteiger partial charge in [0, 0.05) is 23.2 Å². The number of anilines is 1. The normalized spacial score (nSPS) is 29.0. The highest BCUT2D eigenvalue weighted by Gasteiger charge is 2.59. The zero-order valence-electron chi connectivity index (χ0n) is 32.6. The summed E-state index contributed by atoms with van der Waals surface area (Å²) in [6.07, 6.45) is -2.27. The Balaban J connectivity index is 1.24. The number of nitrogens with zero attached hydrogens (tertiary/aromatic N) is 1. The summed E-state index contributed by atoms with van der Waals surface area (Å²) < 4.78 is 42.5. The number of nitrogens with one attached hydrogen (secondary N) is 1. The predicted octanol–water partition coefficient (Wildman–Crippen LogP) is 4.33. The Bertz CT molecular complexity index is 2340. The lowest BCUT2D eigenvalue weighted by Gasteiger charge is -2.51. The van der Waals surface area contributed by atoms with Gasteiger partial charge in [-0.3, -0.25) is 9.59 Å². The number of methoxy groups -OCH3 is 1. The van der Waals surface area contributed by atoms with Gasteiger partial charge in [0.1, 0.15) is 18.0 Å². The summed E-state index contributed by atoms with van der Waals surface area (Å²) in [5, 5.41) is 36.8. The van der Waals surface area contributed by atoms with Crippen LogP contribution in [0.1, 0.15) is 71.3 Å². The van der Waals surface area contributed by atoms with Crippen molar-refractivity contribution in [2.75, 3.05) is 26.5 Å². The third-order valence-corrected chi connectivity index (χ3v) is 11.4. The molecular weight excluding hydrogens is 790 g/mol. The molecule has 6 N–H and O–H groups in total. The zero-order valence-corrected chi connectivity index (χ0v) is 33.3. The molecule has 1 saturated heterocycles. The Morgan fingerprint density at radius 3 is 2.54 bits per heavy atom. The Labute approximate surface area is 343 Å². The van der Waals surface area contributed by atoms with Crippen molar-refractivity contribution in [3.63, 3.8) is 0 Å². The predicted molar refractivity (Wildman–Crippen MR) is 209 cm³/mol. The molecule has 11 rings (SSSR count). The van der Waals surface area contributed by atoms with Crippen molar-refractivity contribution in [1.82, 2.24) is 4.90 Å². The third-order valence-electron chi connectivity index (χ3n) is 11.1. The summed E-state index contributed by atoms with van der Waals surface area (Å²) in [5.41, 5.74) is 5.60. The Kier molecular flexibility index (Phi) is 10.0. The first kappa shape index (κ1) is 40.3. The molecule has 2 aliphatic carbocycles. The molecule has 8 atom stereocenters. The number of amides is 1. The second-order valence-corrected chi connectivity index (χ2v) is 16.0. The van der Waals surface area contributed by atoms with Gasteiger partial charge >= 0.3 is 11.9 Å². The van der Waals surface area contributed by atoms with E-state index in [1.165, 1.54) is 31.4 Å². The fourth-order valence-electron chi connectivity index (χ4n) is 8.45. The molecule has 0 saturated carbocycles. The van der Waals surface area contributed by atoms with Crippen LogP contribution in [0.5, 0.6) is 23.0 Å². The molecule has 6 aliphatic heterocycles. The Morgan fingerprint density at radius 1 is 1.07 bits per heavy atom. The van der Waals surface area contributed by atoms with E-state index in [-0.39, 0.29) is 56.2 Å². The van der Waals surface area contributed by atoms with Crippen LogP contribution in [0.3, 0.4) is 0 Å².